The number of aliphatic hydroxyl groups excluding tert-OH is 2. The molecule has 0 heterocycles. The molecule has 1 aliphatic carbocycles. The second kappa shape index (κ2) is 7.29. The molecular formula is C15H23NO2S. The van der Waals surface area contributed by atoms with Gasteiger partial charge in [0.25, 0.3) is 0 Å². The number of hydrogen-bond acceptors (Lipinski definition) is 4. The second-order valence-electron chi connectivity index (χ2n) is 4.98. The molecule has 3 atom stereocenters. The van der Waals surface area contributed by atoms with Crippen molar-refractivity contribution < 1.29 is 10.2 Å². The van der Waals surface area contributed by atoms with E-state index in [4.69, 9.17) is 5.11 Å². The highest BCUT2D eigenvalue weighted by Gasteiger charge is 2.29. The molecule has 0 fully saturated rings. The summed E-state index contributed by atoms with van der Waals surface area (Å²) in [6, 6.07) is 8.97. The zero-order chi connectivity index (χ0) is 13.7. The number of rotatable bonds is 6. The molecule has 0 amide bonds. The van der Waals surface area contributed by atoms with Crippen LogP contribution in [0.1, 0.15) is 30.5 Å². The normalized spacial score (nSPS) is 23.9. The number of aliphatic hydroxyl groups is 2. The van der Waals surface area contributed by atoms with Crippen molar-refractivity contribution in [2.45, 2.75) is 37.2 Å². The fourth-order valence-electron chi connectivity index (χ4n) is 2.66. The largest absolute Gasteiger partial charge is 0.394 e. The van der Waals surface area contributed by atoms with Crippen LogP contribution >= 0.6 is 11.8 Å². The topological polar surface area (TPSA) is 52.5 Å². The first kappa shape index (κ1) is 14.9. The third kappa shape index (κ3) is 3.72. The average Bonchev–Trinajstić information content (AvgIpc) is 2.46. The number of aryl methyl sites for hydroxylation is 1. The monoisotopic (exact) mass is 281 g/mol. The van der Waals surface area contributed by atoms with Crippen LogP contribution in [0.15, 0.2) is 24.3 Å². The molecule has 0 spiro atoms. The molecule has 1 aromatic carbocycles. The van der Waals surface area contributed by atoms with Gasteiger partial charge >= 0.3 is 0 Å². The van der Waals surface area contributed by atoms with Crippen molar-refractivity contribution in [3.05, 3.63) is 35.4 Å². The number of nitrogens with one attached hydrogen (secondary N) is 1. The lowest BCUT2D eigenvalue weighted by atomic mass is 9.87. The van der Waals surface area contributed by atoms with E-state index in [1.165, 1.54) is 11.1 Å². The van der Waals surface area contributed by atoms with Crippen molar-refractivity contribution in [3.63, 3.8) is 0 Å². The molecule has 1 aliphatic rings. The lowest BCUT2D eigenvalue weighted by molar-refractivity contribution is 0.113. The third-order valence-electron chi connectivity index (χ3n) is 3.60. The highest BCUT2D eigenvalue weighted by Crippen LogP contribution is 2.37. The molecule has 3 unspecified atom stereocenters. The zero-order valence-electron chi connectivity index (χ0n) is 11.4. The van der Waals surface area contributed by atoms with Gasteiger partial charge in [-0.05, 0) is 30.5 Å². The van der Waals surface area contributed by atoms with E-state index in [2.05, 4.69) is 36.5 Å². The summed E-state index contributed by atoms with van der Waals surface area (Å²) in [6.45, 7) is 2.92. The maximum atomic E-state index is 9.51. The van der Waals surface area contributed by atoms with Crippen molar-refractivity contribution in [3.8, 4) is 0 Å². The first-order valence-electron chi connectivity index (χ1n) is 6.98. The van der Waals surface area contributed by atoms with E-state index in [1.807, 2.05) is 0 Å². The lowest BCUT2D eigenvalue weighted by Crippen LogP contribution is -2.35. The highest BCUT2D eigenvalue weighted by molar-refractivity contribution is 8.00. The molecule has 0 aliphatic heterocycles. The first-order chi connectivity index (χ1) is 9.26. The maximum Gasteiger partial charge on any atom is 0.0861 e. The van der Waals surface area contributed by atoms with E-state index in [0.717, 1.165) is 19.4 Å². The molecule has 19 heavy (non-hydrogen) atoms. The van der Waals surface area contributed by atoms with E-state index in [0.29, 0.717) is 17.0 Å². The van der Waals surface area contributed by atoms with Gasteiger partial charge in [-0.3, -0.25) is 0 Å². The summed E-state index contributed by atoms with van der Waals surface area (Å²) in [5.74, 6) is 0.602. The Hall–Kier alpha value is -0.550. The smallest absolute Gasteiger partial charge is 0.0861 e. The van der Waals surface area contributed by atoms with Crippen molar-refractivity contribution in [1.82, 2.24) is 5.32 Å². The number of benzene rings is 1. The van der Waals surface area contributed by atoms with Crippen LogP contribution in [0.4, 0.5) is 0 Å². The fourth-order valence-corrected chi connectivity index (χ4v) is 3.95. The van der Waals surface area contributed by atoms with Crippen molar-refractivity contribution in [1.29, 1.82) is 0 Å². The predicted octanol–water partition coefficient (Wildman–Crippen LogP) is 1.74. The van der Waals surface area contributed by atoms with Crippen LogP contribution in [0.3, 0.4) is 0 Å². The Labute approximate surface area is 119 Å². The summed E-state index contributed by atoms with van der Waals surface area (Å²) in [5.41, 5.74) is 2.83. The Morgan fingerprint density at radius 2 is 2.21 bits per heavy atom. The number of hydrogen-bond donors (Lipinski definition) is 3. The van der Waals surface area contributed by atoms with Crippen LogP contribution in [-0.2, 0) is 6.42 Å². The fraction of sp³-hybridized carbons (Fsp3) is 0.600. The molecule has 0 saturated heterocycles. The third-order valence-corrected chi connectivity index (χ3v) is 5.11. The average molecular weight is 281 g/mol. The van der Waals surface area contributed by atoms with E-state index in [1.54, 1.807) is 11.8 Å². The Morgan fingerprint density at radius 1 is 1.42 bits per heavy atom. The van der Waals surface area contributed by atoms with Gasteiger partial charge in [-0.2, -0.15) is 11.8 Å². The van der Waals surface area contributed by atoms with Crippen molar-refractivity contribution >= 4 is 11.8 Å². The lowest BCUT2D eigenvalue weighted by Gasteiger charge is -2.34. The zero-order valence-corrected chi connectivity index (χ0v) is 12.2. The molecule has 0 aromatic heterocycles. The van der Waals surface area contributed by atoms with E-state index >= 15 is 0 Å². The molecule has 0 bridgehead atoms. The summed E-state index contributed by atoms with van der Waals surface area (Å²) < 4.78 is 0. The van der Waals surface area contributed by atoms with Gasteiger partial charge in [0.1, 0.15) is 0 Å². The molecule has 4 heteroatoms. The maximum absolute atomic E-state index is 9.51. The minimum Gasteiger partial charge on any atom is -0.394 e. The Bertz CT molecular complexity index is 399. The van der Waals surface area contributed by atoms with Crippen molar-refractivity contribution in [2.24, 2.45) is 0 Å². The highest BCUT2D eigenvalue weighted by atomic mass is 32.2. The molecule has 3 nitrogen and oxygen atoms in total. The van der Waals surface area contributed by atoms with E-state index < -0.39 is 6.10 Å². The van der Waals surface area contributed by atoms with Crippen molar-refractivity contribution in [2.75, 3.05) is 18.9 Å². The SMILES string of the molecule is CCNC1c2ccccc2CCC1SCC(O)CO. The van der Waals surface area contributed by atoms with Crippen LogP contribution in [0.2, 0.25) is 0 Å². The Kier molecular flexibility index (Phi) is 5.70. The van der Waals surface area contributed by atoms with Gasteiger partial charge in [-0.15, -0.1) is 0 Å². The van der Waals surface area contributed by atoms with Crippen LogP contribution in [-0.4, -0.2) is 40.5 Å². The van der Waals surface area contributed by atoms with E-state index in [-0.39, 0.29) is 6.61 Å². The Morgan fingerprint density at radius 3 is 2.95 bits per heavy atom. The molecule has 0 radical (unpaired) electrons. The predicted molar refractivity (Wildman–Crippen MR) is 80.5 cm³/mol. The van der Waals surface area contributed by atoms with Crippen LogP contribution in [0.5, 0.6) is 0 Å². The van der Waals surface area contributed by atoms with Gasteiger partial charge in [0.2, 0.25) is 0 Å². The molecule has 0 saturated carbocycles. The van der Waals surface area contributed by atoms with E-state index in [9.17, 15) is 5.11 Å². The van der Waals surface area contributed by atoms with Crippen LogP contribution < -0.4 is 5.32 Å². The minimum absolute atomic E-state index is 0.151. The number of fused-ring (bicyclic) bond motifs is 1. The Balaban J connectivity index is 2.08. The minimum atomic E-state index is -0.607. The first-order valence-corrected chi connectivity index (χ1v) is 8.02. The molecule has 1 aromatic rings. The summed E-state index contributed by atoms with van der Waals surface area (Å²) in [6.07, 6.45) is 1.62. The molecule has 106 valence electrons. The standard InChI is InChI=1S/C15H23NO2S/c1-2-16-15-13-6-4-3-5-11(13)7-8-14(15)19-10-12(18)9-17/h3-6,12,14-18H,2,7-10H2,1H3. The van der Waals surface area contributed by atoms with Gasteiger partial charge in [-0.1, -0.05) is 31.2 Å². The number of thioether (sulfide) groups is 1. The van der Waals surface area contributed by atoms with Gasteiger partial charge < -0.3 is 15.5 Å². The summed E-state index contributed by atoms with van der Waals surface area (Å²) in [7, 11) is 0. The van der Waals surface area contributed by atoms with Gasteiger partial charge in [0, 0.05) is 17.0 Å². The summed E-state index contributed by atoms with van der Waals surface area (Å²) in [5, 5.41) is 22.5. The van der Waals surface area contributed by atoms with Crippen LogP contribution in [0.25, 0.3) is 0 Å². The van der Waals surface area contributed by atoms with Gasteiger partial charge in [0.15, 0.2) is 0 Å². The molecular weight excluding hydrogens is 258 g/mol. The second-order valence-corrected chi connectivity index (χ2v) is 6.25. The molecule has 2 rings (SSSR count). The quantitative estimate of drug-likeness (QED) is 0.743. The van der Waals surface area contributed by atoms with Crippen LogP contribution in [0, 0.1) is 0 Å². The van der Waals surface area contributed by atoms with Gasteiger partial charge in [0.05, 0.1) is 12.7 Å². The molecule has 3 N–H and O–H groups in total. The summed E-state index contributed by atoms with van der Waals surface area (Å²) in [4.78, 5) is 0. The van der Waals surface area contributed by atoms with Gasteiger partial charge in [-0.25, -0.2) is 0 Å². The summed E-state index contributed by atoms with van der Waals surface area (Å²) >= 11 is 1.77.